The van der Waals surface area contributed by atoms with E-state index in [1.165, 1.54) is 5.56 Å². The molecular formula is C13H19NO3S. The number of benzene rings is 1. The molecule has 0 unspecified atom stereocenters. The molecule has 1 N–H and O–H groups in total. The molecule has 1 aromatic carbocycles. The summed E-state index contributed by atoms with van der Waals surface area (Å²) in [6.07, 6.45) is 3.10. The standard InChI is InChI=1S/C13H19NO3S/c15-13-3-1-11(2-4-13)9-12-5-7-14(8-6-12)10-18(16)17/h1-4,12,15,18H,5-10H2. The molecule has 2 rings (SSSR count). The molecule has 0 bridgehead atoms. The lowest BCUT2D eigenvalue weighted by atomic mass is 9.90. The Morgan fingerprint density at radius 2 is 1.78 bits per heavy atom. The number of piperidine rings is 1. The lowest BCUT2D eigenvalue weighted by molar-refractivity contribution is 0.209. The molecule has 100 valence electrons. The summed E-state index contributed by atoms with van der Waals surface area (Å²) in [6, 6.07) is 7.34. The Kier molecular flexibility index (Phi) is 4.60. The minimum Gasteiger partial charge on any atom is -0.508 e. The van der Waals surface area contributed by atoms with E-state index >= 15 is 0 Å². The molecule has 1 aromatic rings. The molecule has 1 heterocycles. The normalized spacial score (nSPS) is 18.3. The molecule has 0 aromatic heterocycles. The van der Waals surface area contributed by atoms with Crippen molar-refractivity contribution >= 4 is 10.7 Å². The molecule has 0 amide bonds. The highest BCUT2D eigenvalue weighted by molar-refractivity contribution is 7.72. The molecule has 0 aliphatic carbocycles. The predicted octanol–water partition coefficient (Wildman–Crippen LogP) is 1.22. The largest absolute Gasteiger partial charge is 0.508 e. The maximum absolute atomic E-state index is 10.6. The number of aromatic hydroxyl groups is 1. The second kappa shape index (κ2) is 6.20. The van der Waals surface area contributed by atoms with Crippen molar-refractivity contribution in [1.29, 1.82) is 0 Å². The Bertz CT molecular complexity index is 440. The first-order valence-electron chi connectivity index (χ1n) is 6.25. The molecule has 0 spiro atoms. The summed E-state index contributed by atoms with van der Waals surface area (Å²) >= 11 is 0. The van der Waals surface area contributed by atoms with Crippen molar-refractivity contribution < 1.29 is 13.5 Å². The van der Waals surface area contributed by atoms with Crippen molar-refractivity contribution in [2.24, 2.45) is 5.92 Å². The van der Waals surface area contributed by atoms with E-state index in [2.05, 4.69) is 0 Å². The Hall–Kier alpha value is -1.07. The van der Waals surface area contributed by atoms with Crippen LogP contribution in [0.5, 0.6) is 5.75 Å². The molecular weight excluding hydrogens is 250 g/mol. The lowest BCUT2D eigenvalue weighted by Gasteiger charge is -2.30. The molecule has 0 saturated carbocycles. The van der Waals surface area contributed by atoms with Gasteiger partial charge in [0.1, 0.15) is 5.75 Å². The lowest BCUT2D eigenvalue weighted by Crippen LogP contribution is -2.35. The SMILES string of the molecule is O=[SH](=O)CN1CCC(Cc2ccc(O)cc2)CC1. The average Bonchev–Trinajstić information content (AvgIpc) is 2.34. The third-order valence-electron chi connectivity index (χ3n) is 3.48. The molecule has 0 radical (unpaired) electrons. The number of phenols is 1. The van der Waals surface area contributed by atoms with Crippen LogP contribution >= 0.6 is 0 Å². The van der Waals surface area contributed by atoms with Crippen molar-refractivity contribution in [2.75, 3.05) is 19.0 Å². The van der Waals surface area contributed by atoms with E-state index in [-0.39, 0.29) is 5.88 Å². The number of likely N-dealkylation sites (tertiary alicyclic amines) is 1. The summed E-state index contributed by atoms with van der Waals surface area (Å²) in [5, 5.41) is 9.22. The van der Waals surface area contributed by atoms with Crippen molar-refractivity contribution in [3.05, 3.63) is 29.8 Å². The first kappa shape index (κ1) is 13.4. The van der Waals surface area contributed by atoms with Crippen molar-refractivity contribution in [3.8, 4) is 5.75 Å². The molecule has 1 fully saturated rings. The fourth-order valence-electron chi connectivity index (χ4n) is 2.46. The maximum atomic E-state index is 10.6. The van der Waals surface area contributed by atoms with Gasteiger partial charge in [0, 0.05) is 0 Å². The Morgan fingerprint density at radius 3 is 2.33 bits per heavy atom. The first-order chi connectivity index (χ1) is 8.63. The quantitative estimate of drug-likeness (QED) is 0.807. The van der Waals surface area contributed by atoms with Crippen LogP contribution in [0.2, 0.25) is 0 Å². The Balaban J connectivity index is 1.81. The van der Waals surface area contributed by atoms with Crippen LogP contribution in [0.15, 0.2) is 24.3 Å². The highest BCUT2D eigenvalue weighted by Gasteiger charge is 2.19. The first-order valence-corrected chi connectivity index (χ1v) is 7.62. The second-order valence-electron chi connectivity index (χ2n) is 4.91. The predicted molar refractivity (Wildman–Crippen MR) is 71.3 cm³/mol. The molecule has 1 aliphatic heterocycles. The van der Waals surface area contributed by atoms with Gasteiger partial charge in [0.2, 0.25) is 0 Å². The second-order valence-corrected chi connectivity index (χ2v) is 5.85. The van der Waals surface area contributed by atoms with Crippen LogP contribution in [0.3, 0.4) is 0 Å². The van der Waals surface area contributed by atoms with Gasteiger partial charge >= 0.3 is 0 Å². The Labute approximate surface area is 109 Å². The molecule has 1 aliphatic rings. The van der Waals surface area contributed by atoms with E-state index < -0.39 is 10.7 Å². The van der Waals surface area contributed by atoms with Crippen molar-refractivity contribution in [1.82, 2.24) is 4.90 Å². The molecule has 5 heteroatoms. The molecule has 18 heavy (non-hydrogen) atoms. The highest BCUT2D eigenvalue weighted by atomic mass is 32.2. The third kappa shape index (κ3) is 3.99. The monoisotopic (exact) mass is 269 g/mol. The van der Waals surface area contributed by atoms with E-state index in [4.69, 9.17) is 0 Å². The van der Waals surface area contributed by atoms with E-state index in [0.29, 0.717) is 11.7 Å². The summed E-state index contributed by atoms with van der Waals surface area (Å²) in [5.41, 5.74) is 1.24. The number of rotatable bonds is 4. The summed E-state index contributed by atoms with van der Waals surface area (Å²) in [6.45, 7) is 1.73. The topological polar surface area (TPSA) is 57.6 Å². The smallest absolute Gasteiger partial charge is 0.153 e. The van der Waals surface area contributed by atoms with Crippen molar-refractivity contribution in [2.45, 2.75) is 19.3 Å². The molecule has 4 nitrogen and oxygen atoms in total. The van der Waals surface area contributed by atoms with Crippen LogP contribution in [0.1, 0.15) is 18.4 Å². The van der Waals surface area contributed by atoms with Gasteiger partial charge in [-0.05, 0) is 56.0 Å². The van der Waals surface area contributed by atoms with Crippen LogP contribution < -0.4 is 0 Å². The van der Waals surface area contributed by atoms with Gasteiger partial charge in [-0.2, -0.15) is 0 Å². The summed E-state index contributed by atoms with van der Waals surface area (Å²) in [5.74, 6) is 1.12. The van der Waals surface area contributed by atoms with Crippen LogP contribution in [0.4, 0.5) is 0 Å². The number of hydrogen-bond donors (Lipinski definition) is 2. The van der Waals surface area contributed by atoms with Crippen LogP contribution in [0.25, 0.3) is 0 Å². The van der Waals surface area contributed by atoms with Crippen LogP contribution in [0, 0.1) is 5.92 Å². The Morgan fingerprint density at radius 1 is 1.17 bits per heavy atom. The number of phenolic OH excluding ortho intramolecular Hbond substituents is 1. The average molecular weight is 269 g/mol. The third-order valence-corrected chi connectivity index (χ3v) is 4.11. The summed E-state index contributed by atoms with van der Waals surface area (Å²) in [7, 11) is -2.29. The summed E-state index contributed by atoms with van der Waals surface area (Å²) < 4.78 is 21.3. The minimum absolute atomic E-state index is 0.196. The zero-order chi connectivity index (χ0) is 13.0. The molecule has 0 atom stereocenters. The van der Waals surface area contributed by atoms with E-state index in [1.807, 2.05) is 17.0 Å². The van der Waals surface area contributed by atoms with Gasteiger partial charge in [-0.1, -0.05) is 12.1 Å². The van der Waals surface area contributed by atoms with Crippen molar-refractivity contribution in [3.63, 3.8) is 0 Å². The zero-order valence-electron chi connectivity index (χ0n) is 10.3. The fourth-order valence-corrected chi connectivity index (χ4v) is 3.07. The van der Waals surface area contributed by atoms with Gasteiger partial charge in [-0.15, -0.1) is 0 Å². The fraction of sp³-hybridized carbons (Fsp3) is 0.538. The number of hydrogen-bond acceptors (Lipinski definition) is 4. The van der Waals surface area contributed by atoms with E-state index in [0.717, 1.165) is 32.4 Å². The maximum Gasteiger partial charge on any atom is 0.153 e. The van der Waals surface area contributed by atoms with Gasteiger partial charge in [0.25, 0.3) is 0 Å². The number of nitrogens with zero attached hydrogens (tertiary/aromatic N) is 1. The van der Waals surface area contributed by atoms with Gasteiger partial charge in [0.05, 0.1) is 5.88 Å². The van der Waals surface area contributed by atoms with Gasteiger partial charge in [0.15, 0.2) is 10.7 Å². The zero-order valence-corrected chi connectivity index (χ0v) is 11.2. The van der Waals surface area contributed by atoms with Gasteiger partial charge in [-0.25, -0.2) is 8.42 Å². The van der Waals surface area contributed by atoms with E-state index in [1.54, 1.807) is 12.1 Å². The van der Waals surface area contributed by atoms with Gasteiger partial charge in [-0.3, -0.25) is 4.90 Å². The van der Waals surface area contributed by atoms with E-state index in [9.17, 15) is 13.5 Å². The van der Waals surface area contributed by atoms with Crippen LogP contribution in [-0.2, 0) is 17.1 Å². The number of thiol groups is 1. The van der Waals surface area contributed by atoms with Gasteiger partial charge < -0.3 is 5.11 Å². The molecule has 1 saturated heterocycles. The van der Waals surface area contributed by atoms with Crippen LogP contribution in [-0.4, -0.2) is 37.4 Å². The minimum atomic E-state index is -2.29. The summed E-state index contributed by atoms with van der Waals surface area (Å²) in [4.78, 5) is 2.00. The highest BCUT2D eigenvalue weighted by Crippen LogP contribution is 2.22.